The first-order valence-electron chi connectivity index (χ1n) is 7.26. The molecule has 0 aliphatic carbocycles. The topological polar surface area (TPSA) is 45.7 Å². The second-order valence-corrected chi connectivity index (χ2v) is 7.02. The van der Waals surface area contributed by atoms with Crippen molar-refractivity contribution in [2.45, 2.75) is 50.9 Å². The van der Waals surface area contributed by atoms with Gasteiger partial charge in [-0.3, -0.25) is 4.99 Å². The van der Waals surface area contributed by atoms with Crippen molar-refractivity contribution in [1.29, 1.82) is 0 Å². The first-order valence-corrected chi connectivity index (χ1v) is 8.49. The molecule has 5 heteroatoms. The normalized spacial score (nSPS) is 20.6. The molecular weight excluding hydrogens is 258 g/mol. The van der Waals surface area contributed by atoms with Crippen LogP contribution in [0.5, 0.6) is 0 Å². The molecule has 4 nitrogen and oxygen atoms in total. The molecule has 112 valence electrons. The van der Waals surface area contributed by atoms with Crippen LogP contribution in [0, 0.1) is 0 Å². The molecule has 0 bridgehead atoms. The van der Waals surface area contributed by atoms with Crippen LogP contribution in [0.3, 0.4) is 0 Å². The lowest BCUT2D eigenvalue weighted by Crippen LogP contribution is -2.39. The van der Waals surface area contributed by atoms with Gasteiger partial charge in [0.1, 0.15) is 0 Å². The van der Waals surface area contributed by atoms with E-state index in [-0.39, 0.29) is 4.75 Å². The third-order valence-corrected chi connectivity index (χ3v) is 4.53. The molecular formula is C14H29N3OS. The standard InChI is InChI=1S/C14H29N3OS/c1-5-15-13(17-11-14(2,3)19-4)16-9-8-12-7-6-10-18-12/h12H,5-11H2,1-4H3,(H2,15,16,17). The second kappa shape index (κ2) is 8.69. The maximum absolute atomic E-state index is 5.62. The molecule has 1 aliphatic rings. The number of aliphatic imine (C=N–C) groups is 1. The minimum atomic E-state index is 0.191. The van der Waals surface area contributed by atoms with Crippen LogP contribution in [0.4, 0.5) is 0 Å². The molecule has 0 aromatic carbocycles. The van der Waals surface area contributed by atoms with Gasteiger partial charge in [0.05, 0.1) is 12.6 Å². The quantitative estimate of drug-likeness (QED) is 0.557. The Balaban J connectivity index is 2.32. The van der Waals surface area contributed by atoms with E-state index in [4.69, 9.17) is 4.74 Å². The summed E-state index contributed by atoms with van der Waals surface area (Å²) in [7, 11) is 0. The summed E-state index contributed by atoms with van der Waals surface area (Å²) in [6, 6.07) is 0. The number of ether oxygens (including phenoxy) is 1. The fourth-order valence-electron chi connectivity index (χ4n) is 1.90. The first-order chi connectivity index (χ1) is 9.07. The lowest BCUT2D eigenvalue weighted by atomic mass is 10.2. The van der Waals surface area contributed by atoms with Gasteiger partial charge < -0.3 is 15.4 Å². The Labute approximate surface area is 122 Å². The largest absolute Gasteiger partial charge is 0.378 e. The number of thioether (sulfide) groups is 1. The van der Waals surface area contributed by atoms with Crippen LogP contribution in [0.25, 0.3) is 0 Å². The molecule has 0 spiro atoms. The fourth-order valence-corrected chi connectivity index (χ4v) is 2.09. The van der Waals surface area contributed by atoms with Crippen molar-refractivity contribution in [1.82, 2.24) is 10.6 Å². The average molecular weight is 287 g/mol. The Hall–Kier alpha value is -0.420. The highest BCUT2D eigenvalue weighted by molar-refractivity contribution is 7.99. The molecule has 2 N–H and O–H groups in total. The van der Waals surface area contributed by atoms with E-state index in [2.05, 4.69) is 42.7 Å². The maximum atomic E-state index is 5.62. The zero-order chi connectivity index (χ0) is 14.1. The van der Waals surface area contributed by atoms with Gasteiger partial charge >= 0.3 is 0 Å². The number of hydrogen-bond acceptors (Lipinski definition) is 3. The summed E-state index contributed by atoms with van der Waals surface area (Å²) in [5, 5.41) is 6.69. The lowest BCUT2D eigenvalue weighted by Gasteiger charge is -2.20. The molecule has 1 aliphatic heterocycles. The van der Waals surface area contributed by atoms with Gasteiger partial charge in [0.25, 0.3) is 0 Å². The molecule has 0 aromatic rings. The molecule has 0 saturated carbocycles. The van der Waals surface area contributed by atoms with Crippen molar-refractivity contribution < 1.29 is 4.74 Å². The minimum absolute atomic E-state index is 0.191. The van der Waals surface area contributed by atoms with Gasteiger partial charge in [-0.2, -0.15) is 11.8 Å². The van der Waals surface area contributed by atoms with E-state index < -0.39 is 0 Å². The minimum Gasteiger partial charge on any atom is -0.378 e. The number of nitrogens with one attached hydrogen (secondary N) is 2. The summed E-state index contributed by atoms with van der Waals surface area (Å²) in [6.07, 6.45) is 6.05. The van der Waals surface area contributed by atoms with Crippen LogP contribution in [0.2, 0.25) is 0 Å². The zero-order valence-corrected chi connectivity index (χ0v) is 13.6. The van der Waals surface area contributed by atoms with E-state index in [1.54, 1.807) is 0 Å². The van der Waals surface area contributed by atoms with Crippen molar-refractivity contribution in [3.8, 4) is 0 Å². The third-order valence-electron chi connectivity index (χ3n) is 3.30. The van der Waals surface area contributed by atoms with Crippen LogP contribution in [-0.2, 0) is 4.74 Å². The van der Waals surface area contributed by atoms with Gasteiger partial charge in [-0.05, 0) is 46.3 Å². The fraction of sp³-hybridized carbons (Fsp3) is 0.929. The van der Waals surface area contributed by atoms with Gasteiger partial charge in [0, 0.05) is 24.4 Å². The van der Waals surface area contributed by atoms with Crippen molar-refractivity contribution in [2.24, 2.45) is 4.99 Å². The van der Waals surface area contributed by atoms with Crippen LogP contribution >= 0.6 is 11.8 Å². The molecule has 1 heterocycles. The highest BCUT2D eigenvalue weighted by atomic mass is 32.2. The third kappa shape index (κ3) is 7.06. The molecule has 0 amide bonds. The Morgan fingerprint density at radius 3 is 2.79 bits per heavy atom. The van der Waals surface area contributed by atoms with Crippen molar-refractivity contribution in [3.05, 3.63) is 0 Å². The van der Waals surface area contributed by atoms with Crippen molar-refractivity contribution in [2.75, 3.05) is 32.5 Å². The van der Waals surface area contributed by atoms with Gasteiger partial charge in [0.2, 0.25) is 0 Å². The monoisotopic (exact) mass is 287 g/mol. The van der Waals surface area contributed by atoms with E-state index >= 15 is 0 Å². The Morgan fingerprint density at radius 1 is 1.42 bits per heavy atom. The van der Waals surface area contributed by atoms with Crippen molar-refractivity contribution in [3.63, 3.8) is 0 Å². The van der Waals surface area contributed by atoms with Gasteiger partial charge in [0.15, 0.2) is 5.96 Å². The molecule has 1 atom stereocenters. The Bertz CT molecular complexity index is 276. The Morgan fingerprint density at radius 2 is 2.21 bits per heavy atom. The van der Waals surface area contributed by atoms with Crippen LogP contribution in [0.1, 0.15) is 40.0 Å². The predicted octanol–water partition coefficient (Wildman–Crippen LogP) is 2.25. The summed E-state index contributed by atoms with van der Waals surface area (Å²) in [4.78, 5) is 4.65. The SMILES string of the molecule is CCNC(=NCC(C)(C)SC)NCCC1CCCO1. The predicted molar refractivity (Wildman–Crippen MR) is 85.2 cm³/mol. The average Bonchev–Trinajstić information content (AvgIpc) is 2.89. The summed E-state index contributed by atoms with van der Waals surface area (Å²) >= 11 is 1.85. The van der Waals surface area contributed by atoms with Gasteiger partial charge in [-0.25, -0.2) is 0 Å². The second-order valence-electron chi connectivity index (χ2n) is 5.51. The van der Waals surface area contributed by atoms with Gasteiger partial charge in [-0.1, -0.05) is 0 Å². The number of nitrogens with zero attached hydrogens (tertiary/aromatic N) is 1. The highest BCUT2D eigenvalue weighted by Gasteiger charge is 2.16. The zero-order valence-electron chi connectivity index (χ0n) is 12.8. The van der Waals surface area contributed by atoms with E-state index in [0.29, 0.717) is 6.10 Å². The molecule has 0 radical (unpaired) electrons. The Kier molecular flexibility index (Phi) is 7.61. The molecule has 1 unspecified atom stereocenters. The molecule has 1 rings (SSSR count). The summed E-state index contributed by atoms with van der Waals surface area (Å²) < 4.78 is 5.81. The molecule has 0 aromatic heterocycles. The maximum Gasteiger partial charge on any atom is 0.191 e. The van der Waals surface area contributed by atoms with E-state index in [9.17, 15) is 0 Å². The first kappa shape index (κ1) is 16.6. The van der Waals surface area contributed by atoms with Crippen LogP contribution in [-0.4, -0.2) is 49.3 Å². The van der Waals surface area contributed by atoms with E-state index in [1.165, 1.54) is 12.8 Å². The summed E-state index contributed by atoms with van der Waals surface area (Å²) in [5.74, 6) is 0.919. The summed E-state index contributed by atoms with van der Waals surface area (Å²) in [6.45, 7) is 10.1. The number of rotatable bonds is 7. The molecule has 19 heavy (non-hydrogen) atoms. The van der Waals surface area contributed by atoms with Crippen molar-refractivity contribution >= 4 is 17.7 Å². The van der Waals surface area contributed by atoms with E-state index in [0.717, 1.165) is 38.6 Å². The number of hydrogen-bond donors (Lipinski definition) is 2. The van der Waals surface area contributed by atoms with Crippen LogP contribution < -0.4 is 10.6 Å². The molecule has 1 saturated heterocycles. The lowest BCUT2D eigenvalue weighted by molar-refractivity contribution is 0.105. The highest BCUT2D eigenvalue weighted by Crippen LogP contribution is 2.21. The molecule has 1 fully saturated rings. The van der Waals surface area contributed by atoms with E-state index in [1.807, 2.05) is 11.8 Å². The van der Waals surface area contributed by atoms with Crippen LogP contribution in [0.15, 0.2) is 4.99 Å². The smallest absolute Gasteiger partial charge is 0.191 e. The summed E-state index contributed by atoms with van der Waals surface area (Å²) in [5.41, 5.74) is 0. The number of guanidine groups is 1. The van der Waals surface area contributed by atoms with Gasteiger partial charge in [-0.15, -0.1) is 0 Å².